The molecular formula is C5H13N3O. The number of hydrogen-bond donors (Lipinski definition) is 2. The first-order chi connectivity index (χ1) is 4.16. The van der Waals surface area contributed by atoms with Gasteiger partial charge in [-0.25, -0.2) is 5.01 Å². The van der Waals surface area contributed by atoms with Crippen LogP contribution in [-0.2, 0) is 4.79 Å². The third-order valence-corrected chi connectivity index (χ3v) is 0.720. The molecule has 0 aromatic carbocycles. The number of rotatable bonds is 3. The molecule has 9 heavy (non-hydrogen) atoms. The topological polar surface area (TPSA) is 58.4 Å². The minimum Gasteiger partial charge on any atom is -0.330 e. The van der Waals surface area contributed by atoms with E-state index in [2.05, 4.69) is 5.43 Å². The van der Waals surface area contributed by atoms with Gasteiger partial charge in [-0.2, -0.15) is 0 Å². The average Bonchev–Trinajstić information content (AvgIpc) is 1.63. The second kappa shape index (κ2) is 4.29. The van der Waals surface area contributed by atoms with Crippen molar-refractivity contribution in [3.05, 3.63) is 0 Å². The molecule has 54 valence electrons. The first-order valence-electron chi connectivity index (χ1n) is 2.83. The molecule has 0 aliphatic heterocycles. The van der Waals surface area contributed by atoms with Gasteiger partial charge < -0.3 is 5.73 Å². The highest BCUT2D eigenvalue weighted by atomic mass is 16.2. The summed E-state index contributed by atoms with van der Waals surface area (Å²) in [4.78, 5) is 10.6. The van der Waals surface area contributed by atoms with Crippen molar-refractivity contribution in [2.75, 3.05) is 20.6 Å². The largest absolute Gasteiger partial charge is 0.330 e. The summed E-state index contributed by atoms with van der Waals surface area (Å²) in [6.45, 7) is 0.402. The molecule has 0 unspecified atom stereocenters. The highest BCUT2D eigenvalue weighted by molar-refractivity contribution is 5.75. The third kappa shape index (κ3) is 5.26. The fourth-order valence-corrected chi connectivity index (χ4v) is 0.436. The van der Waals surface area contributed by atoms with E-state index in [1.54, 1.807) is 19.1 Å². The second-order valence-electron chi connectivity index (χ2n) is 1.97. The van der Waals surface area contributed by atoms with E-state index >= 15 is 0 Å². The Hall–Kier alpha value is -0.610. The van der Waals surface area contributed by atoms with Crippen LogP contribution in [-0.4, -0.2) is 31.6 Å². The summed E-state index contributed by atoms with van der Waals surface area (Å²) in [5, 5.41) is 1.60. The van der Waals surface area contributed by atoms with Crippen molar-refractivity contribution in [1.29, 1.82) is 0 Å². The lowest BCUT2D eigenvalue weighted by molar-refractivity contribution is -0.124. The molecule has 0 radical (unpaired) electrons. The Morgan fingerprint density at radius 2 is 2.22 bits per heavy atom. The normalized spacial score (nSPS) is 9.78. The maximum atomic E-state index is 10.6. The van der Waals surface area contributed by atoms with Gasteiger partial charge in [-0.15, -0.1) is 0 Å². The number of carbonyl (C=O) groups excluding carboxylic acids is 1. The van der Waals surface area contributed by atoms with Crippen molar-refractivity contribution in [2.45, 2.75) is 6.42 Å². The lowest BCUT2D eigenvalue weighted by atomic mass is 10.4. The number of carbonyl (C=O) groups is 1. The number of hydrogen-bond acceptors (Lipinski definition) is 3. The van der Waals surface area contributed by atoms with Gasteiger partial charge in [-0.3, -0.25) is 10.2 Å². The number of amides is 1. The fraction of sp³-hybridized carbons (Fsp3) is 0.800. The van der Waals surface area contributed by atoms with Crippen LogP contribution in [0.3, 0.4) is 0 Å². The predicted molar refractivity (Wildman–Crippen MR) is 35.5 cm³/mol. The van der Waals surface area contributed by atoms with E-state index in [1.165, 1.54) is 0 Å². The lowest BCUT2D eigenvalue weighted by Crippen LogP contribution is -2.36. The van der Waals surface area contributed by atoms with Crippen LogP contribution >= 0.6 is 0 Å². The van der Waals surface area contributed by atoms with Crippen LogP contribution in [0.5, 0.6) is 0 Å². The summed E-state index contributed by atoms with van der Waals surface area (Å²) in [5.74, 6) is -0.0394. The molecule has 0 bridgehead atoms. The zero-order chi connectivity index (χ0) is 7.28. The van der Waals surface area contributed by atoms with Crippen molar-refractivity contribution < 1.29 is 4.79 Å². The number of nitrogens with one attached hydrogen (secondary N) is 1. The van der Waals surface area contributed by atoms with Crippen LogP contribution in [0.4, 0.5) is 0 Å². The summed E-state index contributed by atoms with van der Waals surface area (Å²) >= 11 is 0. The van der Waals surface area contributed by atoms with E-state index in [9.17, 15) is 4.79 Å². The third-order valence-electron chi connectivity index (χ3n) is 0.720. The molecule has 0 rings (SSSR count). The molecule has 0 saturated heterocycles. The van der Waals surface area contributed by atoms with Gasteiger partial charge in [0.15, 0.2) is 0 Å². The van der Waals surface area contributed by atoms with E-state index in [0.717, 1.165) is 0 Å². The van der Waals surface area contributed by atoms with Crippen LogP contribution in [0, 0.1) is 0 Å². The van der Waals surface area contributed by atoms with E-state index in [-0.39, 0.29) is 5.91 Å². The van der Waals surface area contributed by atoms with Crippen molar-refractivity contribution in [2.24, 2.45) is 5.73 Å². The first kappa shape index (κ1) is 8.39. The quantitative estimate of drug-likeness (QED) is 0.479. The van der Waals surface area contributed by atoms with E-state index in [1.807, 2.05) is 0 Å². The molecule has 4 heteroatoms. The Labute approximate surface area is 55.0 Å². The maximum absolute atomic E-state index is 10.6. The van der Waals surface area contributed by atoms with Gasteiger partial charge in [-0.1, -0.05) is 0 Å². The van der Waals surface area contributed by atoms with Crippen molar-refractivity contribution in [3.63, 3.8) is 0 Å². The Balaban J connectivity index is 3.27. The van der Waals surface area contributed by atoms with Gasteiger partial charge in [0.05, 0.1) is 0 Å². The molecule has 1 amide bonds. The Kier molecular flexibility index (Phi) is 4.00. The van der Waals surface area contributed by atoms with E-state index in [4.69, 9.17) is 5.73 Å². The fourth-order valence-electron chi connectivity index (χ4n) is 0.436. The Morgan fingerprint density at radius 1 is 1.67 bits per heavy atom. The lowest BCUT2D eigenvalue weighted by Gasteiger charge is -2.10. The predicted octanol–water partition coefficient (Wildman–Crippen LogP) is -1.07. The summed E-state index contributed by atoms with van der Waals surface area (Å²) in [5.41, 5.74) is 7.68. The van der Waals surface area contributed by atoms with E-state index in [0.29, 0.717) is 13.0 Å². The molecule has 0 saturated carbocycles. The second-order valence-corrected chi connectivity index (χ2v) is 1.97. The highest BCUT2D eigenvalue weighted by Gasteiger charge is 1.97. The van der Waals surface area contributed by atoms with Crippen LogP contribution in [0.2, 0.25) is 0 Å². The minimum atomic E-state index is -0.0394. The van der Waals surface area contributed by atoms with Gasteiger partial charge >= 0.3 is 0 Å². The molecular weight excluding hydrogens is 118 g/mol. The Morgan fingerprint density at radius 3 is 2.56 bits per heavy atom. The standard InChI is InChI=1S/C5H13N3O/c1-8(2)7-5(9)3-4-6/h3-4,6H2,1-2H3,(H,7,9). The molecule has 0 aromatic heterocycles. The number of nitrogens with two attached hydrogens (primary N) is 1. The van der Waals surface area contributed by atoms with Gasteiger partial charge in [0, 0.05) is 27.1 Å². The summed E-state index contributed by atoms with van der Waals surface area (Å²) < 4.78 is 0. The van der Waals surface area contributed by atoms with Gasteiger partial charge in [0.25, 0.3) is 0 Å². The molecule has 0 atom stereocenters. The van der Waals surface area contributed by atoms with Crippen LogP contribution < -0.4 is 11.2 Å². The van der Waals surface area contributed by atoms with Crippen molar-refractivity contribution in [3.8, 4) is 0 Å². The minimum absolute atomic E-state index is 0.0394. The zero-order valence-electron chi connectivity index (χ0n) is 5.85. The van der Waals surface area contributed by atoms with E-state index < -0.39 is 0 Å². The molecule has 0 spiro atoms. The smallest absolute Gasteiger partial charge is 0.235 e. The zero-order valence-corrected chi connectivity index (χ0v) is 5.85. The maximum Gasteiger partial charge on any atom is 0.235 e. The van der Waals surface area contributed by atoms with Gasteiger partial charge in [0.2, 0.25) is 5.91 Å². The van der Waals surface area contributed by atoms with Crippen LogP contribution in [0.1, 0.15) is 6.42 Å². The molecule has 4 nitrogen and oxygen atoms in total. The van der Waals surface area contributed by atoms with Crippen LogP contribution in [0.15, 0.2) is 0 Å². The van der Waals surface area contributed by atoms with Gasteiger partial charge in [-0.05, 0) is 0 Å². The van der Waals surface area contributed by atoms with Crippen molar-refractivity contribution in [1.82, 2.24) is 10.4 Å². The number of nitrogens with zero attached hydrogens (tertiary/aromatic N) is 1. The van der Waals surface area contributed by atoms with Gasteiger partial charge in [0.1, 0.15) is 0 Å². The average molecular weight is 131 g/mol. The summed E-state index contributed by atoms with van der Waals surface area (Å²) in [6, 6.07) is 0. The molecule has 0 fully saturated rings. The molecule has 0 aliphatic rings. The molecule has 0 aromatic rings. The molecule has 3 N–H and O–H groups in total. The molecule has 0 aliphatic carbocycles. The first-order valence-corrected chi connectivity index (χ1v) is 2.83. The monoisotopic (exact) mass is 131 g/mol. The number of hydrazine groups is 1. The van der Waals surface area contributed by atoms with Crippen molar-refractivity contribution >= 4 is 5.91 Å². The summed E-state index contributed by atoms with van der Waals surface area (Å²) in [6.07, 6.45) is 0.387. The molecule has 0 heterocycles. The Bertz CT molecular complexity index is 92.2. The summed E-state index contributed by atoms with van der Waals surface area (Å²) in [7, 11) is 3.52. The van der Waals surface area contributed by atoms with Crippen LogP contribution in [0.25, 0.3) is 0 Å². The highest BCUT2D eigenvalue weighted by Crippen LogP contribution is 1.73. The SMILES string of the molecule is CN(C)NC(=O)CCN.